The minimum Gasteiger partial charge on any atom is -0.497 e. The van der Waals surface area contributed by atoms with E-state index < -0.39 is 0 Å². The van der Waals surface area contributed by atoms with Gasteiger partial charge in [-0.2, -0.15) is 0 Å². The molecule has 1 fully saturated rings. The highest BCUT2D eigenvalue weighted by atomic mass is 79.9. The van der Waals surface area contributed by atoms with E-state index in [0.29, 0.717) is 6.61 Å². The van der Waals surface area contributed by atoms with E-state index >= 15 is 0 Å². The first-order chi connectivity index (χ1) is 7.79. The van der Waals surface area contributed by atoms with Crippen LogP contribution < -0.4 is 4.74 Å². The lowest BCUT2D eigenvalue weighted by atomic mass is 10.2. The van der Waals surface area contributed by atoms with Crippen molar-refractivity contribution in [2.45, 2.75) is 25.7 Å². The van der Waals surface area contributed by atoms with Crippen LogP contribution in [-0.4, -0.2) is 20.0 Å². The third kappa shape index (κ3) is 2.97. The van der Waals surface area contributed by atoms with Crippen molar-refractivity contribution in [1.82, 2.24) is 0 Å². The third-order valence-corrected chi connectivity index (χ3v) is 3.34. The first-order valence-corrected chi connectivity index (χ1v) is 6.14. The number of hydrogen-bond donors (Lipinski definition) is 0. The largest absolute Gasteiger partial charge is 0.497 e. The zero-order valence-electron chi connectivity index (χ0n) is 9.24. The molecule has 0 N–H and O–H groups in total. The van der Waals surface area contributed by atoms with Gasteiger partial charge in [-0.3, -0.25) is 0 Å². The van der Waals surface area contributed by atoms with Crippen molar-refractivity contribution in [3.63, 3.8) is 0 Å². The molecule has 1 atom stereocenters. The van der Waals surface area contributed by atoms with Crippen LogP contribution in [0.25, 0.3) is 0 Å². The number of methoxy groups -OCH3 is 1. The van der Waals surface area contributed by atoms with Crippen LogP contribution in [0.1, 0.15) is 18.4 Å². The maximum absolute atomic E-state index is 5.66. The van der Waals surface area contributed by atoms with E-state index in [1.54, 1.807) is 7.11 Å². The molecule has 3 nitrogen and oxygen atoms in total. The lowest BCUT2D eigenvalue weighted by molar-refractivity contribution is -0.118. The monoisotopic (exact) mass is 286 g/mol. The Kier molecular flexibility index (Phi) is 4.21. The lowest BCUT2D eigenvalue weighted by Crippen LogP contribution is -2.10. The normalized spacial score (nSPS) is 20.0. The Bertz CT molecular complexity index is 348. The average molecular weight is 287 g/mol. The molecule has 0 radical (unpaired) electrons. The Labute approximate surface area is 104 Å². The van der Waals surface area contributed by atoms with Gasteiger partial charge in [-0.05, 0) is 30.2 Å². The summed E-state index contributed by atoms with van der Waals surface area (Å²) in [5.41, 5.74) is 1.08. The Hall–Kier alpha value is -0.580. The van der Waals surface area contributed by atoms with Gasteiger partial charge in [0.25, 0.3) is 0 Å². The zero-order valence-corrected chi connectivity index (χ0v) is 10.8. The number of benzene rings is 1. The number of rotatable bonds is 4. The van der Waals surface area contributed by atoms with Crippen LogP contribution in [0.5, 0.6) is 5.75 Å². The molecule has 0 aromatic heterocycles. The summed E-state index contributed by atoms with van der Waals surface area (Å²) in [5, 5.41) is 0. The van der Waals surface area contributed by atoms with Gasteiger partial charge in [-0.1, -0.05) is 15.9 Å². The Morgan fingerprint density at radius 1 is 1.50 bits per heavy atom. The van der Waals surface area contributed by atoms with Crippen molar-refractivity contribution in [2.75, 3.05) is 13.7 Å². The molecule has 88 valence electrons. The van der Waals surface area contributed by atoms with Gasteiger partial charge in [0.05, 0.1) is 13.7 Å². The fourth-order valence-corrected chi connectivity index (χ4v) is 2.01. The topological polar surface area (TPSA) is 27.7 Å². The maximum Gasteiger partial charge on any atom is 0.158 e. The fourth-order valence-electron chi connectivity index (χ4n) is 1.65. The summed E-state index contributed by atoms with van der Waals surface area (Å²) in [5.74, 6) is 0.842. The Morgan fingerprint density at radius 2 is 2.38 bits per heavy atom. The molecular formula is C12H15BrO3. The minimum atomic E-state index is -0.0434. The van der Waals surface area contributed by atoms with E-state index in [2.05, 4.69) is 15.9 Å². The molecule has 1 unspecified atom stereocenters. The highest BCUT2D eigenvalue weighted by molar-refractivity contribution is 9.10. The van der Waals surface area contributed by atoms with Crippen LogP contribution in [0, 0.1) is 0 Å². The molecule has 1 saturated heterocycles. The smallest absolute Gasteiger partial charge is 0.158 e. The summed E-state index contributed by atoms with van der Waals surface area (Å²) in [4.78, 5) is 0. The Balaban J connectivity index is 1.96. The van der Waals surface area contributed by atoms with Gasteiger partial charge in [-0.25, -0.2) is 0 Å². The summed E-state index contributed by atoms with van der Waals surface area (Å²) >= 11 is 3.49. The van der Waals surface area contributed by atoms with E-state index in [0.717, 1.165) is 35.2 Å². The number of ether oxygens (including phenoxy) is 3. The van der Waals surface area contributed by atoms with Crippen molar-refractivity contribution < 1.29 is 14.2 Å². The van der Waals surface area contributed by atoms with E-state index in [-0.39, 0.29) is 6.29 Å². The van der Waals surface area contributed by atoms with Crippen LogP contribution in [0.15, 0.2) is 22.7 Å². The standard InChI is InChI=1S/C12H15BrO3/c1-14-10-4-5-11(13)9(7-10)8-16-12-3-2-6-15-12/h4-5,7,12H,2-3,6,8H2,1H3. The second-order valence-electron chi connectivity index (χ2n) is 3.71. The van der Waals surface area contributed by atoms with Crippen molar-refractivity contribution >= 4 is 15.9 Å². The molecule has 1 aliphatic heterocycles. The van der Waals surface area contributed by atoms with Crippen LogP contribution in [-0.2, 0) is 16.1 Å². The predicted molar refractivity (Wildman–Crippen MR) is 64.5 cm³/mol. The molecular weight excluding hydrogens is 272 g/mol. The van der Waals surface area contributed by atoms with Crippen molar-refractivity contribution in [2.24, 2.45) is 0 Å². The molecule has 0 aliphatic carbocycles. The molecule has 0 bridgehead atoms. The van der Waals surface area contributed by atoms with Gasteiger partial charge in [0.1, 0.15) is 5.75 Å². The second-order valence-corrected chi connectivity index (χ2v) is 4.57. The first-order valence-electron chi connectivity index (χ1n) is 5.35. The molecule has 1 aromatic rings. The molecule has 4 heteroatoms. The van der Waals surface area contributed by atoms with E-state index in [4.69, 9.17) is 14.2 Å². The summed E-state index contributed by atoms with van der Waals surface area (Å²) in [6.07, 6.45) is 2.03. The molecule has 0 spiro atoms. The molecule has 1 aliphatic rings. The molecule has 1 aromatic carbocycles. The number of halogens is 1. The van der Waals surface area contributed by atoms with Crippen LogP contribution in [0.2, 0.25) is 0 Å². The van der Waals surface area contributed by atoms with E-state index in [1.807, 2.05) is 18.2 Å². The predicted octanol–water partition coefficient (Wildman–Crippen LogP) is 3.11. The molecule has 16 heavy (non-hydrogen) atoms. The van der Waals surface area contributed by atoms with E-state index in [9.17, 15) is 0 Å². The quantitative estimate of drug-likeness (QED) is 0.851. The van der Waals surface area contributed by atoms with Gasteiger partial charge in [-0.15, -0.1) is 0 Å². The van der Waals surface area contributed by atoms with Gasteiger partial charge in [0, 0.05) is 17.5 Å². The molecule has 0 saturated carbocycles. The first kappa shape index (κ1) is 11.9. The summed E-state index contributed by atoms with van der Waals surface area (Å²) < 4.78 is 17.3. The zero-order chi connectivity index (χ0) is 11.4. The lowest BCUT2D eigenvalue weighted by Gasteiger charge is -2.12. The SMILES string of the molecule is COc1ccc(Br)c(COC2CCCO2)c1. The highest BCUT2D eigenvalue weighted by Gasteiger charge is 2.16. The van der Waals surface area contributed by atoms with Gasteiger partial charge in [0.2, 0.25) is 0 Å². The number of hydrogen-bond acceptors (Lipinski definition) is 3. The minimum absolute atomic E-state index is 0.0434. The van der Waals surface area contributed by atoms with Crippen molar-refractivity contribution in [1.29, 1.82) is 0 Å². The highest BCUT2D eigenvalue weighted by Crippen LogP contribution is 2.24. The molecule has 2 rings (SSSR count). The van der Waals surface area contributed by atoms with Crippen LogP contribution in [0.4, 0.5) is 0 Å². The van der Waals surface area contributed by atoms with E-state index in [1.165, 1.54) is 0 Å². The molecule has 1 heterocycles. The maximum atomic E-state index is 5.66. The van der Waals surface area contributed by atoms with Gasteiger partial charge < -0.3 is 14.2 Å². The van der Waals surface area contributed by atoms with Crippen LogP contribution >= 0.6 is 15.9 Å². The summed E-state index contributed by atoms with van der Waals surface area (Å²) in [7, 11) is 1.66. The van der Waals surface area contributed by atoms with Gasteiger partial charge >= 0.3 is 0 Å². The average Bonchev–Trinajstić information content (AvgIpc) is 2.81. The summed E-state index contributed by atoms with van der Waals surface area (Å²) in [6, 6.07) is 5.85. The van der Waals surface area contributed by atoms with Crippen LogP contribution in [0.3, 0.4) is 0 Å². The summed E-state index contributed by atoms with van der Waals surface area (Å²) in [6.45, 7) is 1.35. The fraction of sp³-hybridized carbons (Fsp3) is 0.500. The van der Waals surface area contributed by atoms with Crippen molar-refractivity contribution in [3.8, 4) is 5.75 Å². The third-order valence-electron chi connectivity index (χ3n) is 2.57. The van der Waals surface area contributed by atoms with Gasteiger partial charge in [0.15, 0.2) is 6.29 Å². The van der Waals surface area contributed by atoms with Crippen molar-refractivity contribution in [3.05, 3.63) is 28.2 Å². The second kappa shape index (κ2) is 5.66. The Morgan fingerprint density at radius 3 is 3.06 bits per heavy atom. The molecule has 0 amide bonds.